The van der Waals surface area contributed by atoms with E-state index in [4.69, 9.17) is 0 Å². The SMILES string of the molecule is CCC(=O)NCC(=O)N[C@H](C(=O)I)[C@@H](C)CC. The summed E-state index contributed by atoms with van der Waals surface area (Å²) in [5.41, 5.74) is 0. The Balaban J connectivity index is 4.22. The lowest BCUT2D eigenvalue weighted by atomic mass is 10.0. The van der Waals surface area contributed by atoms with Crippen LogP contribution in [0.3, 0.4) is 0 Å². The van der Waals surface area contributed by atoms with Crippen molar-refractivity contribution >= 4 is 38.2 Å². The molecule has 0 aromatic rings. The minimum Gasteiger partial charge on any atom is -0.347 e. The van der Waals surface area contributed by atoms with Crippen molar-refractivity contribution in [1.29, 1.82) is 0 Å². The van der Waals surface area contributed by atoms with Gasteiger partial charge in [-0.05, 0) is 5.92 Å². The Hall–Kier alpha value is -0.660. The molecule has 6 heteroatoms. The van der Waals surface area contributed by atoms with Gasteiger partial charge in [-0.2, -0.15) is 0 Å². The zero-order valence-corrected chi connectivity index (χ0v) is 12.5. The van der Waals surface area contributed by atoms with Gasteiger partial charge in [0.2, 0.25) is 15.6 Å². The predicted octanol–water partition coefficient (Wildman–Crippen LogP) is 1.01. The second kappa shape index (κ2) is 8.43. The molecule has 0 aliphatic carbocycles. The third-order valence-electron chi connectivity index (χ3n) is 2.54. The van der Waals surface area contributed by atoms with Crippen molar-refractivity contribution in [3.05, 3.63) is 0 Å². The van der Waals surface area contributed by atoms with Gasteiger partial charge < -0.3 is 10.6 Å². The normalized spacial score (nSPS) is 13.6. The summed E-state index contributed by atoms with van der Waals surface area (Å²) in [4.78, 5) is 33.8. The lowest BCUT2D eigenvalue weighted by Crippen LogP contribution is -2.47. The summed E-state index contributed by atoms with van der Waals surface area (Å²) in [6, 6.07) is -0.480. The lowest BCUT2D eigenvalue weighted by molar-refractivity contribution is -0.127. The van der Waals surface area contributed by atoms with Crippen LogP contribution in [0.5, 0.6) is 0 Å². The molecule has 0 aromatic heterocycles. The smallest absolute Gasteiger partial charge is 0.240 e. The molecule has 0 bridgehead atoms. The van der Waals surface area contributed by atoms with E-state index in [1.807, 2.05) is 13.8 Å². The van der Waals surface area contributed by atoms with Gasteiger partial charge in [0.05, 0.1) is 6.54 Å². The number of nitrogens with one attached hydrogen (secondary N) is 2. The fraction of sp³-hybridized carbons (Fsp3) is 0.727. The highest BCUT2D eigenvalue weighted by Gasteiger charge is 2.23. The number of carbonyl (C=O) groups is 3. The minimum absolute atomic E-state index is 0.0798. The van der Waals surface area contributed by atoms with Crippen LogP contribution in [0.25, 0.3) is 0 Å². The third kappa shape index (κ3) is 6.60. The first-order valence-corrected chi connectivity index (χ1v) is 6.75. The molecule has 0 saturated heterocycles. The third-order valence-corrected chi connectivity index (χ3v) is 3.21. The van der Waals surface area contributed by atoms with E-state index in [-0.39, 0.29) is 28.1 Å². The van der Waals surface area contributed by atoms with Gasteiger partial charge in [0.15, 0.2) is 0 Å². The summed E-state index contributed by atoms with van der Waals surface area (Å²) in [5.74, 6) is -0.423. The molecule has 5 nitrogen and oxygen atoms in total. The lowest BCUT2D eigenvalue weighted by Gasteiger charge is -2.20. The second-order valence-corrected chi connectivity index (χ2v) is 4.93. The van der Waals surface area contributed by atoms with Crippen molar-refractivity contribution in [3.63, 3.8) is 0 Å². The molecule has 2 N–H and O–H groups in total. The van der Waals surface area contributed by atoms with Crippen LogP contribution in [-0.2, 0) is 14.4 Å². The largest absolute Gasteiger partial charge is 0.347 e. The van der Waals surface area contributed by atoms with Gasteiger partial charge in [-0.3, -0.25) is 14.4 Å². The summed E-state index contributed by atoms with van der Waals surface area (Å²) in [7, 11) is 0. The average molecular weight is 354 g/mol. The van der Waals surface area contributed by atoms with Crippen molar-refractivity contribution in [2.45, 2.75) is 39.7 Å². The maximum atomic E-state index is 11.5. The van der Waals surface area contributed by atoms with E-state index in [0.717, 1.165) is 6.42 Å². The van der Waals surface area contributed by atoms with Crippen LogP contribution >= 0.6 is 22.6 Å². The zero-order valence-electron chi connectivity index (χ0n) is 10.4. The predicted molar refractivity (Wildman–Crippen MR) is 73.7 cm³/mol. The molecule has 0 unspecified atom stereocenters. The summed E-state index contributed by atoms with van der Waals surface area (Å²) in [6.45, 7) is 5.50. The highest BCUT2D eigenvalue weighted by molar-refractivity contribution is 14.1. The standard InChI is InChI=1S/C11H19IN2O3/c1-4-7(3)10(11(12)17)14-9(16)6-13-8(15)5-2/h7,10H,4-6H2,1-3H3,(H,13,15)(H,14,16)/t7-,10-/m0/s1. The Labute approximate surface area is 115 Å². The molecule has 98 valence electrons. The van der Waals surface area contributed by atoms with Gasteiger partial charge in [0.25, 0.3) is 0 Å². The number of amides is 2. The Morgan fingerprint density at radius 1 is 1.18 bits per heavy atom. The van der Waals surface area contributed by atoms with Crippen LogP contribution < -0.4 is 10.6 Å². The maximum Gasteiger partial charge on any atom is 0.240 e. The van der Waals surface area contributed by atoms with Crippen LogP contribution in [0.1, 0.15) is 33.6 Å². The van der Waals surface area contributed by atoms with Crippen molar-refractivity contribution in [3.8, 4) is 0 Å². The van der Waals surface area contributed by atoms with Crippen LogP contribution in [0.15, 0.2) is 0 Å². The van der Waals surface area contributed by atoms with E-state index in [2.05, 4.69) is 10.6 Å². The van der Waals surface area contributed by atoms with Crippen molar-refractivity contribution in [2.75, 3.05) is 6.54 Å². The van der Waals surface area contributed by atoms with Crippen LogP contribution in [0, 0.1) is 5.92 Å². The summed E-state index contributed by atoms with van der Waals surface area (Å²) < 4.78 is -0.0906. The topological polar surface area (TPSA) is 75.3 Å². The molecular weight excluding hydrogens is 335 g/mol. The van der Waals surface area contributed by atoms with Crippen LogP contribution in [0.4, 0.5) is 0 Å². The Bertz CT molecular complexity index is 294. The van der Waals surface area contributed by atoms with Gasteiger partial charge in [-0.1, -0.05) is 27.2 Å². The molecule has 2 atom stereocenters. The number of rotatable bonds is 7. The first-order valence-electron chi connectivity index (χ1n) is 5.67. The Kier molecular flexibility index (Phi) is 8.11. The molecule has 0 aromatic carbocycles. The average Bonchev–Trinajstić information content (AvgIpc) is 2.31. The number of halogens is 1. The van der Waals surface area contributed by atoms with E-state index in [1.54, 1.807) is 29.5 Å². The van der Waals surface area contributed by atoms with Crippen molar-refractivity contribution in [2.24, 2.45) is 5.92 Å². The fourth-order valence-corrected chi connectivity index (χ4v) is 1.96. The van der Waals surface area contributed by atoms with Gasteiger partial charge in [-0.15, -0.1) is 0 Å². The first-order chi connectivity index (χ1) is 7.92. The van der Waals surface area contributed by atoms with Crippen molar-refractivity contribution in [1.82, 2.24) is 10.6 Å². The molecule has 0 aliphatic heterocycles. The fourth-order valence-electron chi connectivity index (χ4n) is 1.19. The maximum absolute atomic E-state index is 11.5. The minimum atomic E-state index is -0.480. The number of hydrogen-bond acceptors (Lipinski definition) is 3. The van der Waals surface area contributed by atoms with E-state index in [9.17, 15) is 14.4 Å². The summed E-state index contributed by atoms with van der Waals surface area (Å²) in [6.07, 6.45) is 1.15. The van der Waals surface area contributed by atoms with Gasteiger partial charge >= 0.3 is 0 Å². The molecule has 0 radical (unpaired) electrons. The monoisotopic (exact) mass is 354 g/mol. The molecule has 0 rings (SSSR count). The molecule has 2 amide bonds. The summed E-state index contributed by atoms with van der Waals surface area (Å²) in [5, 5.41) is 5.10. The Morgan fingerprint density at radius 2 is 1.76 bits per heavy atom. The first kappa shape index (κ1) is 16.3. The summed E-state index contributed by atoms with van der Waals surface area (Å²) >= 11 is 1.68. The molecule has 17 heavy (non-hydrogen) atoms. The van der Waals surface area contributed by atoms with E-state index < -0.39 is 6.04 Å². The van der Waals surface area contributed by atoms with Gasteiger partial charge in [0, 0.05) is 29.0 Å². The number of carbonyl (C=O) groups excluding carboxylic acids is 3. The highest BCUT2D eigenvalue weighted by Crippen LogP contribution is 2.11. The van der Waals surface area contributed by atoms with Crippen molar-refractivity contribution < 1.29 is 14.4 Å². The van der Waals surface area contributed by atoms with E-state index in [0.29, 0.717) is 6.42 Å². The van der Waals surface area contributed by atoms with Gasteiger partial charge in [0.1, 0.15) is 6.04 Å². The Morgan fingerprint density at radius 3 is 2.18 bits per heavy atom. The van der Waals surface area contributed by atoms with Gasteiger partial charge in [-0.25, -0.2) is 0 Å². The van der Waals surface area contributed by atoms with Crippen LogP contribution in [-0.4, -0.2) is 28.2 Å². The zero-order chi connectivity index (χ0) is 13.4. The highest BCUT2D eigenvalue weighted by atomic mass is 127. The molecule has 0 saturated carbocycles. The quantitative estimate of drug-likeness (QED) is 0.529. The molecule has 0 spiro atoms. The number of hydrogen-bond donors (Lipinski definition) is 2. The van der Waals surface area contributed by atoms with E-state index >= 15 is 0 Å². The second-order valence-electron chi connectivity index (χ2n) is 3.87. The molecule has 0 aliphatic rings. The molecular formula is C11H19IN2O3. The van der Waals surface area contributed by atoms with E-state index in [1.165, 1.54) is 0 Å². The molecule has 0 fully saturated rings. The van der Waals surface area contributed by atoms with Crippen LogP contribution in [0.2, 0.25) is 0 Å². The molecule has 0 heterocycles.